The van der Waals surface area contributed by atoms with Crippen LogP contribution in [0.15, 0.2) is 36.4 Å². The number of carbonyl (C=O) groups is 1. The van der Waals surface area contributed by atoms with E-state index in [0.29, 0.717) is 42.5 Å². The molecule has 0 spiro atoms. The maximum Gasteiger partial charge on any atom is 0.275 e. The minimum Gasteiger partial charge on any atom is -0.369 e. The van der Waals surface area contributed by atoms with Crippen molar-refractivity contribution in [3.05, 3.63) is 68.2 Å². The van der Waals surface area contributed by atoms with Crippen molar-refractivity contribution in [1.82, 2.24) is 4.90 Å². The second-order valence-electron chi connectivity index (χ2n) is 6.89. The lowest BCUT2D eigenvalue weighted by Crippen LogP contribution is -2.50. The Bertz CT molecular complexity index is 979. The maximum absolute atomic E-state index is 12.1. The molecule has 1 amide bonds. The molecular formula is C20H20ClN5O3. The van der Waals surface area contributed by atoms with Gasteiger partial charge in [0.1, 0.15) is 6.04 Å². The molecule has 0 radical (unpaired) electrons. The zero-order valence-corrected chi connectivity index (χ0v) is 16.6. The van der Waals surface area contributed by atoms with Gasteiger partial charge in [0.2, 0.25) is 5.91 Å². The largest absolute Gasteiger partial charge is 0.369 e. The summed E-state index contributed by atoms with van der Waals surface area (Å²) in [5.41, 5.74) is 7.79. The molecule has 150 valence electrons. The second-order valence-corrected chi connectivity index (χ2v) is 7.32. The average molecular weight is 414 g/mol. The Morgan fingerprint density at radius 1 is 1.24 bits per heavy atom. The zero-order valence-electron chi connectivity index (χ0n) is 15.8. The molecule has 0 unspecified atom stereocenters. The number of benzene rings is 2. The molecule has 2 aromatic carbocycles. The van der Waals surface area contributed by atoms with Crippen LogP contribution in [0.5, 0.6) is 0 Å². The van der Waals surface area contributed by atoms with Crippen molar-refractivity contribution in [1.29, 1.82) is 5.26 Å². The predicted molar refractivity (Wildman–Crippen MR) is 110 cm³/mol. The molecule has 1 saturated heterocycles. The summed E-state index contributed by atoms with van der Waals surface area (Å²) in [6, 6.07) is 11.4. The van der Waals surface area contributed by atoms with Crippen molar-refractivity contribution < 1.29 is 9.72 Å². The van der Waals surface area contributed by atoms with Crippen molar-refractivity contribution in [2.75, 3.05) is 31.1 Å². The van der Waals surface area contributed by atoms with Gasteiger partial charge in [0.25, 0.3) is 5.69 Å². The maximum atomic E-state index is 12.1. The third-order valence-corrected chi connectivity index (χ3v) is 5.41. The van der Waals surface area contributed by atoms with Crippen molar-refractivity contribution in [3.63, 3.8) is 0 Å². The molecule has 1 fully saturated rings. The van der Waals surface area contributed by atoms with Crippen LogP contribution in [-0.2, 0) is 4.79 Å². The van der Waals surface area contributed by atoms with Crippen molar-refractivity contribution >= 4 is 28.9 Å². The average Bonchev–Trinajstić information content (AvgIpc) is 2.70. The summed E-state index contributed by atoms with van der Waals surface area (Å²) >= 11 is 5.94. The number of nitro groups is 1. The Labute approximate surface area is 173 Å². The summed E-state index contributed by atoms with van der Waals surface area (Å²) < 4.78 is 0. The van der Waals surface area contributed by atoms with E-state index in [2.05, 4.69) is 0 Å². The summed E-state index contributed by atoms with van der Waals surface area (Å²) in [4.78, 5) is 27.0. The molecule has 0 aliphatic carbocycles. The first-order chi connectivity index (χ1) is 13.8. The molecule has 1 heterocycles. The number of carbonyl (C=O) groups excluding carboxylic acids is 1. The van der Waals surface area contributed by atoms with Crippen molar-refractivity contribution in [3.8, 4) is 6.07 Å². The van der Waals surface area contributed by atoms with Crippen LogP contribution in [-0.4, -0.2) is 41.9 Å². The molecule has 2 aromatic rings. The molecule has 0 bridgehead atoms. The molecule has 1 aliphatic heterocycles. The first-order valence-electron chi connectivity index (χ1n) is 9.04. The lowest BCUT2D eigenvalue weighted by Gasteiger charge is -2.39. The minimum atomic E-state index is -0.574. The van der Waals surface area contributed by atoms with E-state index >= 15 is 0 Å². The summed E-state index contributed by atoms with van der Waals surface area (Å²) in [6.45, 7) is 3.86. The number of amides is 1. The van der Waals surface area contributed by atoms with Gasteiger partial charge in [-0.05, 0) is 30.7 Å². The number of piperazine rings is 1. The number of nitrogens with zero attached hydrogens (tertiary/aromatic N) is 4. The molecule has 0 aromatic heterocycles. The fourth-order valence-corrected chi connectivity index (χ4v) is 3.81. The third-order valence-electron chi connectivity index (χ3n) is 5.15. The Kier molecular flexibility index (Phi) is 6.01. The van der Waals surface area contributed by atoms with E-state index in [9.17, 15) is 20.2 Å². The predicted octanol–water partition coefficient (Wildman–Crippen LogP) is 2.78. The highest BCUT2D eigenvalue weighted by Crippen LogP contribution is 2.32. The van der Waals surface area contributed by atoms with Crippen LogP contribution in [0.1, 0.15) is 22.7 Å². The van der Waals surface area contributed by atoms with Crippen LogP contribution >= 0.6 is 11.6 Å². The van der Waals surface area contributed by atoms with Gasteiger partial charge in [0.15, 0.2) is 0 Å². The molecule has 1 atom stereocenters. The number of rotatable bonds is 5. The van der Waals surface area contributed by atoms with E-state index in [1.165, 1.54) is 6.07 Å². The van der Waals surface area contributed by atoms with Gasteiger partial charge in [-0.1, -0.05) is 23.7 Å². The van der Waals surface area contributed by atoms with Gasteiger partial charge >= 0.3 is 0 Å². The summed E-state index contributed by atoms with van der Waals surface area (Å²) in [5, 5.41) is 21.1. The second kappa shape index (κ2) is 8.47. The number of nitro benzene ring substituents is 1. The summed E-state index contributed by atoms with van der Waals surface area (Å²) in [6.07, 6.45) is 0. The molecular weight excluding hydrogens is 394 g/mol. The molecule has 9 heteroatoms. The smallest absolute Gasteiger partial charge is 0.275 e. The standard InChI is InChI=1S/C20H20ClN5O3/c1-13-17(10-14(12-22)11-18(13)26(28)29)24-6-8-25(9-7-24)19(20(23)27)15-2-4-16(21)5-3-15/h2-5,10-11,19H,6-9H2,1H3,(H2,23,27)/t19-/m0/s1. The van der Waals surface area contributed by atoms with E-state index < -0.39 is 16.9 Å². The van der Waals surface area contributed by atoms with Crippen molar-refractivity contribution in [2.24, 2.45) is 5.73 Å². The number of halogens is 1. The molecule has 3 rings (SSSR count). The van der Waals surface area contributed by atoms with Crippen LogP contribution in [0.4, 0.5) is 11.4 Å². The minimum absolute atomic E-state index is 0.0716. The highest BCUT2D eigenvalue weighted by Gasteiger charge is 2.30. The molecule has 2 N–H and O–H groups in total. The van der Waals surface area contributed by atoms with Crippen LogP contribution in [0.3, 0.4) is 0 Å². The molecule has 8 nitrogen and oxygen atoms in total. The third kappa shape index (κ3) is 4.31. The Morgan fingerprint density at radius 3 is 2.38 bits per heavy atom. The number of anilines is 1. The monoisotopic (exact) mass is 413 g/mol. The van der Waals surface area contributed by atoms with Gasteiger partial charge in [-0.2, -0.15) is 5.26 Å². The van der Waals surface area contributed by atoms with Crippen molar-refractivity contribution in [2.45, 2.75) is 13.0 Å². The molecule has 0 saturated carbocycles. The number of primary amides is 1. The van der Waals surface area contributed by atoms with Crippen LogP contribution in [0, 0.1) is 28.4 Å². The SMILES string of the molecule is Cc1c(N2CCN([C@H](C(N)=O)c3ccc(Cl)cc3)CC2)cc(C#N)cc1[N+](=O)[O-]. The van der Waals surface area contributed by atoms with E-state index in [1.54, 1.807) is 37.3 Å². The fourth-order valence-electron chi connectivity index (χ4n) is 3.69. The van der Waals surface area contributed by atoms with E-state index in [-0.39, 0.29) is 11.3 Å². The van der Waals surface area contributed by atoms with E-state index in [4.69, 9.17) is 17.3 Å². The Hall–Kier alpha value is -3.15. The van der Waals surface area contributed by atoms with E-state index in [1.807, 2.05) is 15.9 Å². The fraction of sp³-hybridized carbons (Fsp3) is 0.300. The van der Waals surface area contributed by atoms with Gasteiger partial charge in [0.05, 0.1) is 22.1 Å². The van der Waals surface area contributed by atoms with Crippen LogP contribution in [0.25, 0.3) is 0 Å². The number of nitriles is 1. The molecule has 29 heavy (non-hydrogen) atoms. The zero-order chi connectivity index (χ0) is 21.1. The normalized spacial score (nSPS) is 15.6. The Balaban J connectivity index is 1.82. The first-order valence-corrected chi connectivity index (χ1v) is 9.42. The van der Waals surface area contributed by atoms with Gasteiger partial charge in [-0.3, -0.25) is 19.8 Å². The number of nitrogens with two attached hydrogens (primary N) is 1. The quantitative estimate of drug-likeness (QED) is 0.595. The van der Waals surface area contributed by atoms with E-state index in [0.717, 1.165) is 5.56 Å². The summed E-state index contributed by atoms with van der Waals surface area (Å²) in [7, 11) is 0. The van der Waals surface area contributed by atoms with Crippen LogP contribution < -0.4 is 10.6 Å². The number of hydrogen-bond acceptors (Lipinski definition) is 6. The molecule has 1 aliphatic rings. The van der Waals surface area contributed by atoms with Gasteiger partial charge in [-0.25, -0.2) is 0 Å². The number of hydrogen-bond donors (Lipinski definition) is 1. The van der Waals surface area contributed by atoms with Crippen LogP contribution in [0.2, 0.25) is 5.02 Å². The summed E-state index contributed by atoms with van der Waals surface area (Å²) in [5.74, 6) is -0.445. The highest BCUT2D eigenvalue weighted by molar-refractivity contribution is 6.30. The highest BCUT2D eigenvalue weighted by atomic mass is 35.5. The van der Waals surface area contributed by atoms with Gasteiger partial charge < -0.3 is 10.6 Å². The van der Waals surface area contributed by atoms with Gasteiger partial charge in [0, 0.05) is 43.0 Å². The first kappa shape index (κ1) is 20.6. The lowest BCUT2D eigenvalue weighted by atomic mass is 10.0. The lowest BCUT2D eigenvalue weighted by molar-refractivity contribution is -0.385. The topological polar surface area (TPSA) is 116 Å². The van der Waals surface area contributed by atoms with Gasteiger partial charge in [-0.15, -0.1) is 0 Å². The Morgan fingerprint density at radius 2 is 1.86 bits per heavy atom.